The lowest BCUT2D eigenvalue weighted by Crippen LogP contribution is -2.29. The molecule has 0 saturated carbocycles. The smallest absolute Gasteiger partial charge is 0.416 e. The molecule has 1 unspecified atom stereocenters. The molecule has 3 heterocycles. The minimum atomic E-state index is -4.49. The van der Waals surface area contributed by atoms with Gasteiger partial charge in [0.15, 0.2) is 11.5 Å². The molecule has 6 rings (SSSR count). The van der Waals surface area contributed by atoms with Gasteiger partial charge in [-0.15, -0.1) is 0 Å². The molecule has 0 radical (unpaired) electrons. The number of carbonyl (C=O) groups excluding carboxylic acids is 1. The highest BCUT2D eigenvalue weighted by atomic mass is 32.1. The van der Waals surface area contributed by atoms with Crippen LogP contribution < -0.4 is 9.47 Å². The van der Waals surface area contributed by atoms with Crippen molar-refractivity contribution in [1.29, 1.82) is 0 Å². The molecule has 0 spiro atoms. The van der Waals surface area contributed by atoms with Gasteiger partial charge in [0, 0.05) is 17.6 Å². The Kier molecular flexibility index (Phi) is 5.02. The van der Waals surface area contributed by atoms with Gasteiger partial charge in [-0.1, -0.05) is 18.2 Å². The highest BCUT2D eigenvalue weighted by Crippen LogP contribution is 2.47. The molecule has 1 atom stereocenters. The number of rotatable bonds is 4. The quantitative estimate of drug-likeness (QED) is 0.392. The lowest BCUT2D eigenvalue weighted by Gasteiger charge is -2.26. The fraction of sp³-hybridized carbons (Fsp3) is 0.160. The Morgan fingerprint density at radius 3 is 2.47 bits per heavy atom. The maximum Gasteiger partial charge on any atom is 0.416 e. The molecule has 36 heavy (non-hydrogen) atoms. The standard InChI is InChI=1S/C25H15F3N2O5S/c26-25(27,28)15-4-1-13(2-5-15)9-17-22(14-3-7-18-19(10-14)30-36-29-18)23(31)35-24(17,32)16-6-8-20-21(11-16)34-12-33-20/h1-8,10-11,32H,9,12H2. The Morgan fingerprint density at radius 2 is 1.69 bits per heavy atom. The van der Waals surface area contributed by atoms with E-state index in [2.05, 4.69) is 8.75 Å². The number of hydrogen-bond donors (Lipinski definition) is 1. The van der Waals surface area contributed by atoms with Crippen LogP contribution in [0.2, 0.25) is 0 Å². The summed E-state index contributed by atoms with van der Waals surface area (Å²) < 4.78 is 63.9. The summed E-state index contributed by atoms with van der Waals surface area (Å²) in [4.78, 5) is 13.2. The summed E-state index contributed by atoms with van der Waals surface area (Å²) >= 11 is 1.02. The number of aromatic nitrogens is 2. The average Bonchev–Trinajstić information content (AvgIpc) is 3.56. The number of benzene rings is 3. The Bertz CT molecular complexity index is 1550. The number of fused-ring (bicyclic) bond motifs is 2. The van der Waals surface area contributed by atoms with Crippen LogP contribution in [0.15, 0.2) is 66.2 Å². The molecule has 0 aliphatic carbocycles. The van der Waals surface area contributed by atoms with Crippen LogP contribution in [-0.4, -0.2) is 26.6 Å². The average molecular weight is 512 g/mol. The number of alkyl halides is 3. The van der Waals surface area contributed by atoms with E-state index in [1.165, 1.54) is 18.2 Å². The van der Waals surface area contributed by atoms with Gasteiger partial charge in [0.2, 0.25) is 6.79 Å². The lowest BCUT2D eigenvalue weighted by molar-refractivity contribution is -0.185. The van der Waals surface area contributed by atoms with Crippen molar-refractivity contribution in [2.24, 2.45) is 0 Å². The number of hydrogen-bond acceptors (Lipinski definition) is 8. The predicted octanol–water partition coefficient (Wildman–Crippen LogP) is 4.84. The molecule has 4 aromatic rings. The minimum Gasteiger partial charge on any atom is -0.454 e. The minimum absolute atomic E-state index is 0.0121. The highest BCUT2D eigenvalue weighted by Gasteiger charge is 2.48. The molecule has 2 aliphatic heterocycles. The van der Waals surface area contributed by atoms with E-state index < -0.39 is 23.5 Å². The van der Waals surface area contributed by atoms with Crippen molar-refractivity contribution in [3.05, 3.63) is 88.5 Å². The first-order valence-electron chi connectivity index (χ1n) is 10.7. The van der Waals surface area contributed by atoms with Crippen molar-refractivity contribution in [3.63, 3.8) is 0 Å². The van der Waals surface area contributed by atoms with Crippen LogP contribution in [0.1, 0.15) is 22.3 Å². The molecule has 11 heteroatoms. The second-order valence-corrected chi connectivity index (χ2v) is 8.82. The number of carbonyl (C=O) groups is 1. The highest BCUT2D eigenvalue weighted by molar-refractivity contribution is 7.00. The van der Waals surface area contributed by atoms with Crippen LogP contribution >= 0.6 is 11.7 Å². The molecular formula is C25H15F3N2O5S. The van der Waals surface area contributed by atoms with Crippen LogP contribution in [0, 0.1) is 0 Å². The largest absolute Gasteiger partial charge is 0.454 e. The molecule has 0 saturated heterocycles. The van der Waals surface area contributed by atoms with Gasteiger partial charge in [-0.05, 0) is 53.6 Å². The maximum absolute atomic E-state index is 13.2. The molecule has 182 valence electrons. The van der Waals surface area contributed by atoms with Crippen molar-refractivity contribution in [3.8, 4) is 11.5 Å². The molecule has 0 fully saturated rings. The lowest BCUT2D eigenvalue weighted by atomic mass is 9.87. The summed E-state index contributed by atoms with van der Waals surface area (Å²) in [5.41, 5.74) is 1.79. The van der Waals surface area contributed by atoms with Crippen molar-refractivity contribution in [2.75, 3.05) is 6.79 Å². The number of ether oxygens (including phenoxy) is 3. The van der Waals surface area contributed by atoms with E-state index in [-0.39, 0.29) is 29.9 Å². The van der Waals surface area contributed by atoms with Crippen molar-refractivity contribution >= 4 is 34.3 Å². The van der Waals surface area contributed by atoms with E-state index in [0.717, 1.165) is 23.9 Å². The van der Waals surface area contributed by atoms with Gasteiger partial charge < -0.3 is 19.3 Å². The van der Waals surface area contributed by atoms with Gasteiger partial charge in [-0.3, -0.25) is 0 Å². The number of esters is 1. The van der Waals surface area contributed by atoms with E-state index in [0.29, 0.717) is 33.7 Å². The molecule has 1 aromatic heterocycles. The first-order chi connectivity index (χ1) is 17.2. The number of aliphatic hydroxyl groups is 1. The molecule has 0 bridgehead atoms. The Hall–Kier alpha value is -3.96. The summed E-state index contributed by atoms with van der Waals surface area (Å²) in [5.74, 6) is -2.12. The zero-order valence-electron chi connectivity index (χ0n) is 18.2. The van der Waals surface area contributed by atoms with Crippen molar-refractivity contribution in [2.45, 2.75) is 18.4 Å². The molecule has 3 aromatic carbocycles. The molecule has 7 nitrogen and oxygen atoms in total. The van der Waals surface area contributed by atoms with Gasteiger partial charge in [-0.2, -0.15) is 21.9 Å². The van der Waals surface area contributed by atoms with Crippen LogP contribution in [-0.2, 0) is 27.9 Å². The van der Waals surface area contributed by atoms with Crippen LogP contribution in [0.3, 0.4) is 0 Å². The third-order valence-electron chi connectivity index (χ3n) is 6.12. The second kappa shape index (κ2) is 8.04. The Balaban J connectivity index is 1.50. The summed E-state index contributed by atoms with van der Waals surface area (Å²) in [6.45, 7) is 0.0121. The third kappa shape index (κ3) is 3.67. The van der Waals surface area contributed by atoms with E-state index in [9.17, 15) is 23.1 Å². The fourth-order valence-electron chi connectivity index (χ4n) is 4.33. The van der Waals surface area contributed by atoms with Crippen LogP contribution in [0.25, 0.3) is 16.6 Å². The first-order valence-corrected chi connectivity index (χ1v) is 11.4. The zero-order chi connectivity index (χ0) is 25.1. The number of nitrogens with zero attached hydrogens (tertiary/aromatic N) is 2. The second-order valence-electron chi connectivity index (χ2n) is 8.29. The normalized spacial score (nSPS) is 19.3. The molecule has 2 aliphatic rings. The summed E-state index contributed by atoms with van der Waals surface area (Å²) in [7, 11) is 0. The van der Waals surface area contributed by atoms with E-state index in [4.69, 9.17) is 14.2 Å². The van der Waals surface area contributed by atoms with Crippen LogP contribution in [0.4, 0.5) is 13.2 Å². The van der Waals surface area contributed by atoms with Crippen LogP contribution in [0.5, 0.6) is 11.5 Å². The molecular weight excluding hydrogens is 497 g/mol. The van der Waals surface area contributed by atoms with Gasteiger partial charge in [-0.25, -0.2) is 4.79 Å². The molecule has 1 N–H and O–H groups in total. The SMILES string of the molecule is O=C1OC(O)(c2ccc3c(c2)OCO3)C(Cc2ccc(C(F)(F)F)cc2)=C1c1ccc2nsnc2c1. The van der Waals surface area contributed by atoms with E-state index >= 15 is 0 Å². The van der Waals surface area contributed by atoms with Crippen molar-refractivity contribution < 1.29 is 37.3 Å². The van der Waals surface area contributed by atoms with Gasteiger partial charge in [0.05, 0.1) is 22.9 Å². The Morgan fingerprint density at radius 1 is 0.944 bits per heavy atom. The van der Waals surface area contributed by atoms with Gasteiger partial charge >= 0.3 is 12.1 Å². The maximum atomic E-state index is 13.2. The van der Waals surface area contributed by atoms with Gasteiger partial charge in [0.25, 0.3) is 5.79 Å². The molecule has 0 amide bonds. The summed E-state index contributed by atoms with van der Waals surface area (Å²) in [6.07, 6.45) is -4.54. The monoisotopic (exact) mass is 512 g/mol. The number of halogens is 3. The summed E-state index contributed by atoms with van der Waals surface area (Å²) in [6, 6.07) is 14.2. The zero-order valence-corrected chi connectivity index (χ0v) is 19.0. The Labute approximate surface area is 205 Å². The van der Waals surface area contributed by atoms with Crippen molar-refractivity contribution in [1.82, 2.24) is 8.75 Å². The van der Waals surface area contributed by atoms with Gasteiger partial charge in [0.1, 0.15) is 11.0 Å². The fourth-order valence-corrected chi connectivity index (χ4v) is 4.85. The third-order valence-corrected chi connectivity index (χ3v) is 6.68. The summed E-state index contributed by atoms with van der Waals surface area (Å²) in [5, 5.41) is 11.8. The topological polar surface area (TPSA) is 90.8 Å². The van der Waals surface area contributed by atoms with E-state index in [1.807, 2.05) is 0 Å². The predicted molar refractivity (Wildman–Crippen MR) is 122 cm³/mol. The first kappa shape index (κ1) is 22.5. The number of cyclic esters (lactones) is 1. The van der Waals surface area contributed by atoms with E-state index in [1.54, 1.807) is 30.3 Å².